The number of anilines is 2. The molecule has 0 unspecified atom stereocenters. The minimum absolute atomic E-state index is 0.624. The van der Waals surface area contributed by atoms with Crippen molar-refractivity contribution in [3.8, 4) is 0 Å². The van der Waals surface area contributed by atoms with Gasteiger partial charge in [0.2, 0.25) is 0 Å². The molecule has 1 saturated heterocycles. The number of rotatable bonds is 1. The molecule has 1 fully saturated rings. The third-order valence-electron chi connectivity index (χ3n) is 3.30. The fourth-order valence-corrected chi connectivity index (χ4v) is 2.43. The largest absolute Gasteiger partial charge is 0.382 e. The molecule has 2 aromatic heterocycles. The molecule has 3 heterocycles. The van der Waals surface area contributed by atoms with Gasteiger partial charge in [-0.25, -0.2) is 4.98 Å². The minimum Gasteiger partial charge on any atom is -0.382 e. The lowest BCUT2D eigenvalue weighted by Gasteiger charge is -2.17. The van der Waals surface area contributed by atoms with Crippen molar-refractivity contribution in [2.24, 2.45) is 0 Å². The first kappa shape index (κ1) is 9.51. The van der Waals surface area contributed by atoms with E-state index in [2.05, 4.69) is 28.2 Å². The molecule has 0 saturated carbocycles. The fraction of sp³-hybridized carbons (Fsp3) is 0.417. The van der Waals surface area contributed by atoms with Crippen molar-refractivity contribution in [2.75, 3.05) is 23.7 Å². The molecule has 2 aromatic rings. The summed E-state index contributed by atoms with van der Waals surface area (Å²) in [7, 11) is 0. The molecule has 84 valence electrons. The lowest BCUT2D eigenvalue weighted by Crippen LogP contribution is -2.17. The first-order valence-corrected chi connectivity index (χ1v) is 5.75. The summed E-state index contributed by atoms with van der Waals surface area (Å²) < 4.78 is 2.04. The van der Waals surface area contributed by atoms with Gasteiger partial charge in [0.25, 0.3) is 0 Å². The second-order valence-electron chi connectivity index (χ2n) is 4.38. The normalized spacial score (nSPS) is 16.2. The smallest absolute Gasteiger partial charge is 0.149 e. The van der Waals surface area contributed by atoms with Crippen LogP contribution >= 0.6 is 0 Å². The van der Waals surface area contributed by atoms with Crippen LogP contribution in [-0.4, -0.2) is 22.5 Å². The molecule has 0 aromatic carbocycles. The van der Waals surface area contributed by atoms with Crippen LogP contribution < -0.4 is 10.6 Å². The third-order valence-corrected chi connectivity index (χ3v) is 3.30. The molecule has 2 N–H and O–H groups in total. The fourth-order valence-electron chi connectivity index (χ4n) is 2.43. The molecule has 3 rings (SSSR count). The average molecular weight is 216 g/mol. The monoisotopic (exact) mass is 216 g/mol. The standard InChI is InChI=1S/C12H16N4/c1-9-14-12(13)11-8-10(4-7-16(9)11)15-5-2-3-6-15/h4,7-8H,2-3,5-6,13H2,1H3. The summed E-state index contributed by atoms with van der Waals surface area (Å²) >= 11 is 0. The minimum atomic E-state index is 0.624. The van der Waals surface area contributed by atoms with E-state index in [0.29, 0.717) is 5.82 Å². The average Bonchev–Trinajstić information content (AvgIpc) is 2.88. The molecule has 16 heavy (non-hydrogen) atoms. The Bertz CT molecular complexity index is 523. The molecule has 0 amide bonds. The highest BCUT2D eigenvalue weighted by Crippen LogP contribution is 2.24. The Labute approximate surface area is 94.7 Å². The van der Waals surface area contributed by atoms with Crippen LogP contribution in [0.1, 0.15) is 18.7 Å². The summed E-state index contributed by atoms with van der Waals surface area (Å²) in [6.07, 6.45) is 4.64. The van der Waals surface area contributed by atoms with Crippen molar-refractivity contribution in [3.63, 3.8) is 0 Å². The van der Waals surface area contributed by atoms with E-state index in [0.717, 1.165) is 24.4 Å². The Morgan fingerprint density at radius 3 is 2.81 bits per heavy atom. The van der Waals surface area contributed by atoms with Gasteiger partial charge in [0.05, 0.1) is 5.52 Å². The number of nitrogen functional groups attached to an aromatic ring is 1. The van der Waals surface area contributed by atoms with Gasteiger partial charge in [0.1, 0.15) is 11.6 Å². The molecule has 0 radical (unpaired) electrons. The van der Waals surface area contributed by atoms with Gasteiger partial charge in [0, 0.05) is 25.0 Å². The second-order valence-corrected chi connectivity index (χ2v) is 4.38. The number of hydrogen-bond acceptors (Lipinski definition) is 3. The van der Waals surface area contributed by atoms with Crippen molar-refractivity contribution in [1.29, 1.82) is 0 Å². The van der Waals surface area contributed by atoms with Crippen LogP contribution in [-0.2, 0) is 0 Å². The highest BCUT2D eigenvalue weighted by Gasteiger charge is 2.14. The first-order valence-electron chi connectivity index (χ1n) is 5.75. The van der Waals surface area contributed by atoms with Crippen LogP contribution in [0.2, 0.25) is 0 Å². The maximum atomic E-state index is 5.89. The zero-order valence-corrected chi connectivity index (χ0v) is 9.48. The predicted octanol–water partition coefficient (Wildman–Crippen LogP) is 1.83. The van der Waals surface area contributed by atoms with E-state index in [9.17, 15) is 0 Å². The summed E-state index contributed by atoms with van der Waals surface area (Å²) in [5.74, 6) is 1.57. The van der Waals surface area contributed by atoms with Gasteiger partial charge in [-0.15, -0.1) is 0 Å². The van der Waals surface area contributed by atoms with E-state index in [1.807, 2.05) is 11.3 Å². The number of fused-ring (bicyclic) bond motifs is 1. The second kappa shape index (κ2) is 3.40. The summed E-state index contributed by atoms with van der Waals surface area (Å²) in [4.78, 5) is 6.68. The van der Waals surface area contributed by atoms with Crippen molar-refractivity contribution in [1.82, 2.24) is 9.38 Å². The van der Waals surface area contributed by atoms with Crippen molar-refractivity contribution in [3.05, 3.63) is 24.2 Å². The van der Waals surface area contributed by atoms with E-state index < -0.39 is 0 Å². The van der Waals surface area contributed by atoms with E-state index in [1.165, 1.54) is 18.5 Å². The molecule has 4 heteroatoms. The number of aryl methyl sites for hydroxylation is 1. The Kier molecular flexibility index (Phi) is 2.02. The van der Waals surface area contributed by atoms with Crippen LogP contribution in [0.3, 0.4) is 0 Å². The lowest BCUT2D eigenvalue weighted by molar-refractivity contribution is 0.949. The van der Waals surface area contributed by atoms with Crippen LogP contribution in [0, 0.1) is 6.92 Å². The molecule has 1 aliphatic heterocycles. The van der Waals surface area contributed by atoms with Gasteiger partial charge in [-0.1, -0.05) is 0 Å². The zero-order chi connectivity index (χ0) is 11.1. The van der Waals surface area contributed by atoms with E-state index in [-0.39, 0.29) is 0 Å². The number of pyridine rings is 1. The summed E-state index contributed by atoms with van der Waals surface area (Å²) in [6.45, 7) is 4.28. The molecule has 0 atom stereocenters. The maximum Gasteiger partial charge on any atom is 0.149 e. The van der Waals surface area contributed by atoms with E-state index in [4.69, 9.17) is 5.73 Å². The Morgan fingerprint density at radius 1 is 1.31 bits per heavy atom. The first-order chi connectivity index (χ1) is 7.75. The maximum absolute atomic E-state index is 5.89. The van der Waals surface area contributed by atoms with Crippen molar-refractivity contribution < 1.29 is 0 Å². The van der Waals surface area contributed by atoms with Gasteiger partial charge in [-0.05, 0) is 31.9 Å². The van der Waals surface area contributed by atoms with Crippen LogP contribution in [0.4, 0.5) is 11.5 Å². The topological polar surface area (TPSA) is 46.6 Å². The van der Waals surface area contributed by atoms with Crippen LogP contribution in [0.5, 0.6) is 0 Å². The molecule has 0 bridgehead atoms. The Hall–Kier alpha value is -1.71. The predicted molar refractivity (Wildman–Crippen MR) is 65.8 cm³/mol. The van der Waals surface area contributed by atoms with Gasteiger partial charge < -0.3 is 15.0 Å². The number of aromatic nitrogens is 2. The molecule has 0 aliphatic carbocycles. The van der Waals surface area contributed by atoms with Crippen molar-refractivity contribution in [2.45, 2.75) is 19.8 Å². The van der Waals surface area contributed by atoms with Crippen LogP contribution in [0.15, 0.2) is 18.3 Å². The Balaban J connectivity index is 2.11. The number of nitrogens with zero attached hydrogens (tertiary/aromatic N) is 3. The number of nitrogens with two attached hydrogens (primary N) is 1. The van der Waals surface area contributed by atoms with Gasteiger partial charge in [0.15, 0.2) is 0 Å². The SMILES string of the molecule is Cc1nc(N)c2cc(N3CCCC3)ccn12. The van der Waals surface area contributed by atoms with Crippen molar-refractivity contribution >= 4 is 17.0 Å². The molecule has 4 nitrogen and oxygen atoms in total. The summed E-state index contributed by atoms with van der Waals surface area (Å²) in [6, 6.07) is 4.28. The highest BCUT2D eigenvalue weighted by molar-refractivity contribution is 5.71. The summed E-state index contributed by atoms with van der Waals surface area (Å²) in [5.41, 5.74) is 8.17. The highest BCUT2D eigenvalue weighted by atomic mass is 15.1. The molecular formula is C12H16N4. The van der Waals surface area contributed by atoms with Gasteiger partial charge in [-0.2, -0.15) is 0 Å². The van der Waals surface area contributed by atoms with Crippen LogP contribution in [0.25, 0.3) is 5.52 Å². The number of hydrogen-bond donors (Lipinski definition) is 1. The van der Waals surface area contributed by atoms with E-state index in [1.54, 1.807) is 0 Å². The molecular weight excluding hydrogens is 200 g/mol. The quantitative estimate of drug-likeness (QED) is 0.791. The van der Waals surface area contributed by atoms with Gasteiger partial charge in [-0.3, -0.25) is 0 Å². The molecule has 1 aliphatic rings. The van der Waals surface area contributed by atoms with E-state index >= 15 is 0 Å². The van der Waals surface area contributed by atoms with Gasteiger partial charge >= 0.3 is 0 Å². The lowest BCUT2D eigenvalue weighted by atomic mass is 10.3. The zero-order valence-electron chi connectivity index (χ0n) is 9.48. The summed E-state index contributed by atoms with van der Waals surface area (Å²) in [5, 5.41) is 0. The Morgan fingerprint density at radius 2 is 2.06 bits per heavy atom. The number of imidazole rings is 1. The third kappa shape index (κ3) is 1.33. The molecule has 0 spiro atoms.